The van der Waals surface area contributed by atoms with Gasteiger partial charge < -0.3 is 24.1 Å². The van der Waals surface area contributed by atoms with E-state index in [0.717, 1.165) is 43.6 Å². The SMILES string of the molecule is CCS[C@@H]1CCC2=C(O1)[C@@]13CO[C@]4(OC(C)(C)OC5[C@H]6CC[C@@H]1[C@]54C(=O)C6(C)C)[C@@H](O)[C@@H]3C(C)(C)C2. The molecule has 4 bridgehead atoms. The standard InChI is InChI=1S/C29H42O6S/c1-8-36-18-12-9-15-13-24(2,3)19-20(30)29-28-17(27(19,14-32-29)21(15)33-18)11-10-16(25(4,5)23(28)31)22(28)34-26(6,7)35-29/h16-20,22,30H,8-14H2,1-7H3/t16-,17+,18-,19-,20+,22?,27+,28-,29+/m1/s1. The van der Waals surface area contributed by atoms with Gasteiger partial charge in [-0.1, -0.05) is 34.6 Å². The van der Waals surface area contributed by atoms with Crippen molar-refractivity contribution >= 4 is 17.5 Å². The van der Waals surface area contributed by atoms with Gasteiger partial charge in [-0.2, -0.15) is 0 Å². The van der Waals surface area contributed by atoms with Crippen molar-refractivity contribution in [1.29, 1.82) is 0 Å². The molecule has 7 heteroatoms. The molecule has 9 atom stereocenters. The number of carbonyl (C=O) groups excluding carboxylic acids is 1. The van der Waals surface area contributed by atoms with Crippen molar-refractivity contribution in [3.63, 3.8) is 0 Å². The molecule has 3 spiro atoms. The average molecular weight is 519 g/mol. The fourth-order valence-corrected chi connectivity index (χ4v) is 11.4. The number of allylic oxidation sites excluding steroid dienone is 1. The van der Waals surface area contributed by atoms with Crippen LogP contribution >= 0.6 is 11.8 Å². The number of rotatable bonds is 2. The van der Waals surface area contributed by atoms with Crippen LogP contribution in [0.4, 0.5) is 0 Å². The van der Waals surface area contributed by atoms with Gasteiger partial charge in [0.25, 0.3) is 0 Å². The fraction of sp³-hybridized carbons (Fsp3) is 0.897. The molecular formula is C29H42O6S. The van der Waals surface area contributed by atoms with Crippen molar-refractivity contribution < 1.29 is 28.8 Å². The third-order valence-electron chi connectivity index (χ3n) is 11.3. The number of hydrogen-bond donors (Lipinski definition) is 1. The molecule has 0 aromatic rings. The molecule has 8 aliphatic rings. The lowest BCUT2D eigenvalue weighted by Crippen LogP contribution is -2.87. The number of Topliss-reactive ketones (excluding diaryl/α,β-unsaturated/α-hetero) is 1. The van der Waals surface area contributed by atoms with Crippen LogP contribution in [0.3, 0.4) is 0 Å². The van der Waals surface area contributed by atoms with Gasteiger partial charge in [0, 0.05) is 11.3 Å². The van der Waals surface area contributed by atoms with Crippen LogP contribution in [0.2, 0.25) is 0 Å². The minimum atomic E-state index is -1.40. The smallest absolute Gasteiger partial charge is 0.213 e. The van der Waals surface area contributed by atoms with Gasteiger partial charge in [-0.05, 0) is 74.5 Å². The molecule has 200 valence electrons. The summed E-state index contributed by atoms with van der Waals surface area (Å²) in [4.78, 5) is 14.8. The number of ether oxygens (including phenoxy) is 4. The van der Waals surface area contributed by atoms with Crippen LogP contribution in [-0.4, -0.2) is 52.5 Å². The summed E-state index contributed by atoms with van der Waals surface area (Å²) < 4.78 is 27.2. The van der Waals surface area contributed by atoms with Gasteiger partial charge in [0.1, 0.15) is 22.7 Å². The monoisotopic (exact) mass is 518 g/mol. The lowest BCUT2D eigenvalue weighted by atomic mass is 9.36. The summed E-state index contributed by atoms with van der Waals surface area (Å²) in [6.45, 7) is 15.1. The van der Waals surface area contributed by atoms with Gasteiger partial charge >= 0.3 is 0 Å². The normalized spacial score (nSPS) is 52.8. The highest BCUT2D eigenvalue weighted by Crippen LogP contribution is 2.81. The van der Waals surface area contributed by atoms with Gasteiger partial charge in [-0.3, -0.25) is 4.79 Å². The van der Waals surface area contributed by atoms with E-state index in [-0.39, 0.29) is 40.5 Å². The highest BCUT2D eigenvalue weighted by Gasteiger charge is 2.91. The fourth-order valence-electron chi connectivity index (χ4n) is 10.6. The maximum absolute atomic E-state index is 14.8. The van der Waals surface area contributed by atoms with Gasteiger partial charge in [-0.25, -0.2) is 0 Å². The second-order valence-corrected chi connectivity index (χ2v) is 15.7. The minimum Gasteiger partial charge on any atom is -0.483 e. The van der Waals surface area contributed by atoms with Crippen LogP contribution < -0.4 is 0 Å². The third kappa shape index (κ3) is 2.42. The Balaban J connectivity index is 1.51. The van der Waals surface area contributed by atoms with Gasteiger partial charge in [-0.15, -0.1) is 11.8 Å². The predicted molar refractivity (Wildman–Crippen MR) is 136 cm³/mol. The maximum Gasteiger partial charge on any atom is 0.213 e. The zero-order valence-electron chi connectivity index (χ0n) is 22.8. The Kier molecular flexibility index (Phi) is 4.71. The Labute approximate surface area is 219 Å². The molecule has 3 saturated heterocycles. The van der Waals surface area contributed by atoms with E-state index in [9.17, 15) is 9.90 Å². The molecule has 0 aromatic heterocycles. The Morgan fingerprint density at radius 3 is 2.56 bits per heavy atom. The molecule has 4 aliphatic heterocycles. The summed E-state index contributed by atoms with van der Waals surface area (Å²) in [5.41, 5.74) is -0.874. The second kappa shape index (κ2) is 6.93. The van der Waals surface area contributed by atoms with E-state index in [1.54, 1.807) is 0 Å². The van der Waals surface area contributed by atoms with Crippen molar-refractivity contribution in [3.8, 4) is 0 Å². The van der Waals surface area contributed by atoms with Crippen LogP contribution in [0.25, 0.3) is 0 Å². The van der Waals surface area contributed by atoms with Crippen molar-refractivity contribution in [2.75, 3.05) is 12.4 Å². The van der Waals surface area contributed by atoms with E-state index in [1.807, 2.05) is 25.6 Å². The first kappa shape index (κ1) is 24.4. The minimum absolute atomic E-state index is 0.0475. The molecule has 8 rings (SSSR count). The third-order valence-corrected chi connectivity index (χ3v) is 12.4. The van der Waals surface area contributed by atoms with Crippen LogP contribution in [0.5, 0.6) is 0 Å². The first-order chi connectivity index (χ1) is 16.8. The molecular weight excluding hydrogens is 476 g/mol. The van der Waals surface area contributed by atoms with E-state index in [1.165, 1.54) is 5.57 Å². The van der Waals surface area contributed by atoms with E-state index in [4.69, 9.17) is 18.9 Å². The quantitative estimate of drug-likeness (QED) is 0.549. The summed E-state index contributed by atoms with van der Waals surface area (Å²) in [5, 5.41) is 12.5. The van der Waals surface area contributed by atoms with Crippen LogP contribution in [-0.2, 0) is 23.7 Å². The Morgan fingerprint density at radius 2 is 1.83 bits per heavy atom. The largest absolute Gasteiger partial charge is 0.483 e. The Bertz CT molecular complexity index is 1060. The molecule has 0 amide bonds. The summed E-state index contributed by atoms with van der Waals surface area (Å²) in [5.74, 6) is -0.266. The van der Waals surface area contributed by atoms with E-state index < -0.39 is 33.9 Å². The van der Waals surface area contributed by atoms with Gasteiger partial charge in [0.05, 0.1) is 18.1 Å². The van der Waals surface area contributed by atoms with Crippen LogP contribution in [0.15, 0.2) is 11.3 Å². The average Bonchev–Trinajstić information content (AvgIpc) is 2.87. The first-order valence-corrected chi connectivity index (χ1v) is 15.1. The molecule has 6 nitrogen and oxygen atoms in total. The van der Waals surface area contributed by atoms with Crippen molar-refractivity contribution in [2.45, 2.75) is 110 Å². The van der Waals surface area contributed by atoms with Crippen LogP contribution in [0, 0.1) is 39.4 Å². The van der Waals surface area contributed by atoms with Gasteiger partial charge in [0.2, 0.25) is 5.79 Å². The summed E-state index contributed by atoms with van der Waals surface area (Å²) in [6.07, 6.45) is 3.47. The number of aliphatic hydroxyl groups excluding tert-OH is 1. The summed E-state index contributed by atoms with van der Waals surface area (Å²) >= 11 is 1.85. The molecule has 36 heavy (non-hydrogen) atoms. The Hall–Kier alpha value is -0.600. The molecule has 3 saturated carbocycles. The molecule has 0 aromatic carbocycles. The Morgan fingerprint density at radius 1 is 1.08 bits per heavy atom. The maximum atomic E-state index is 14.8. The molecule has 0 radical (unpaired) electrons. The molecule has 6 fully saturated rings. The topological polar surface area (TPSA) is 74.2 Å². The van der Waals surface area contributed by atoms with Crippen LogP contribution in [0.1, 0.15) is 80.6 Å². The number of aliphatic hydroxyl groups is 1. The molecule has 4 heterocycles. The van der Waals surface area contributed by atoms with Crippen molar-refractivity contribution in [1.82, 2.24) is 0 Å². The predicted octanol–water partition coefficient (Wildman–Crippen LogP) is 5.04. The molecule has 1 N–H and O–H groups in total. The summed E-state index contributed by atoms with van der Waals surface area (Å²) in [7, 11) is 0. The number of fused-ring (bicyclic) bond motifs is 1. The lowest BCUT2D eigenvalue weighted by molar-refractivity contribution is -0.527. The van der Waals surface area contributed by atoms with Crippen molar-refractivity contribution in [2.24, 2.45) is 39.4 Å². The van der Waals surface area contributed by atoms with Gasteiger partial charge in [0.15, 0.2) is 11.6 Å². The number of carbonyl (C=O) groups is 1. The molecule has 1 unspecified atom stereocenters. The molecule has 4 aliphatic carbocycles. The highest BCUT2D eigenvalue weighted by molar-refractivity contribution is 7.99. The van der Waals surface area contributed by atoms with Crippen molar-refractivity contribution in [3.05, 3.63) is 11.3 Å². The zero-order chi connectivity index (χ0) is 25.7. The lowest BCUT2D eigenvalue weighted by Gasteiger charge is -2.77. The van der Waals surface area contributed by atoms with E-state index >= 15 is 0 Å². The number of ketones is 1. The van der Waals surface area contributed by atoms with E-state index in [0.29, 0.717) is 6.61 Å². The first-order valence-electron chi connectivity index (χ1n) is 14.1. The zero-order valence-corrected chi connectivity index (χ0v) is 23.6. The second-order valence-electron chi connectivity index (χ2n) is 14.3. The number of hydrogen-bond acceptors (Lipinski definition) is 7. The number of thioether (sulfide) groups is 1. The highest BCUT2D eigenvalue weighted by atomic mass is 32.2. The summed E-state index contributed by atoms with van der Waals surface area (Å²) in [6, 6.07) is 0. The van der Waals surface area contributed by atoms with E-state index in [2.05, 4.69) is 34.6 Å².